The van der Waals surface area contributed by atoms with Crippen LogP contribution in [0.2, 0.25) is 0 Å². The second-order valence-electron chi connectivity index (χ2n) is 10.8. The standard InChI is InChI=1S/C29H38N2O/c1-2-3-4-8-13-30-27-12-11-25(24-9-6-5-7-10-24)17-26(27)28(32)31-29-18-21-14-22(19-29)16-23(15-21)20-29/h5-7,9-12,17,21-23,30H,2-4,8,13-16,18-20H2,1H3,(H,31,32). The maximum atomic E-state index is 13.7. The van der Waals surface area contributed by atoms with Gasteiger partial charge in [-0.3, -0.25) is 4.79 Å². The molecule has 4 fully saturated rings. The van der Waals surface area contributed by atoms with Gasteiger partial charge in [0.1, 0.15) is 0 Å². The minimum Gasteiger partial charge on any atom is -0.384 e. The molecule has 32 heavy (non-hydrogen) atoms. The molecule has 4 bridgehead atoms. The largest absolute Gasteiger partial charge is 0.384 e. The van der Waals surface area contributed by atoms with E-state index in [1.54, 1.807) is 0 Å². The summed E-state index contributed by atoms with van der Waals surface area (Å²) in [7, 11) is 0. The average Bonchev–Trinajstić information content (AvgIpc) is 2.78. The van der Waals surface area contributed by atoms with Crippen molar-refractivity contribution in [1.82, 2.24) is 5.32 Å². The second-order valence-corrected chi connectivity index (χ2v) is 10.8. The Morgan fingerprint density at radius 2 is 1.56 bits per heavy atom. The van der Waals surface area contributed by atoms with Gasteiger partial charge in [0.25, 0.3) is 5.91 Å². The molecule has 4 saturated carbocycles. The van der Waals surface area contributed by atoms with Crippen LogP contribution in [0.1, 0.15) is 81.5 Å². The second kappa shape index (κ2) is 9.29. The van der Waals surface area contributed by atoms with Crippen LogP contribution >= 0.6 is 0 Å². The predicted molar refractivity (Wildman–Crippen MR) is 133 cm³/mol. The zero-order valence-corrected chi connectivity index (χ0v) is 19.5. The first kappa shape index (κ1) is 21.6. The molecule has 0 spiro atoms. The van der Waals surface area contributed by atoms with Crippen LogP contribution in [0.4, 0.5) is 5.69 Å². The summed E-state index contributed by atoms with van der Waals surface area (Å²) in [6, 6.07) is 16.7. The van der Waals surface area contributed by atoms with E-state index in [0.29, 0.717) is 0 Å². The molecule has 6 rings (SSSR count). The van der Waals surface area contributed by atoms with Crippen molar-refractivity contribution < 1.29 is 4.79 Å². The molecule has 2 aromatic rings. The van der Waals surface area contributed by atoms with Gasteiger partial charge in [-0.05, 0) is 86.0 Å². The van der Waals surface area contributed by atoms with Gasteiger partial charge in [-0.2, -0.15) is 0 Å². The predicted octanol–water partition coefficient (Wildman–Crippen LogP) is 7.04. The Bertz CT molecular complexity index is 900. The van der Waals surface area contributed by atoms with Crippen LogP contribution in [0.5, 0.6) is 0 Å². The molecule has 0 aromatic heterocycles. The van der Waals surface area contributed by atoms with Crippen molar-refractivity contribution in [3.63, 3.8) is 0 Å². The molecule has 0 saturated heterocycles. The van der Waals surface area contributed by atoms with E-state index in [-0.39, 0.29) is 11.4 Å². The highest BCUT2D eigenvalue weighted by atomic mass is 16.1. The van der Waals surface area contributed by atoms with Crippen molar-refractivity contribution in [1.29, 1.82) is 0 Å². The van der Waals surface area contributed by atoms with Gasteiger partial charge in [0, 0.05) is 17.8 Å². The highest BCUT2D eigenvalue weighted by Crippen LogP contribution is 2.55. The first-order valence-electron chi connectivity index (χ1n) is 12.9. The molecule has 0 radical (unpaired) electrons. The number of carbonyl (C=O) groups excluding carboxylic acids is 1. The van der Waals surface area contributed by atoms with Gasteiger partial charge in [-0.25, -0.2) is 0 Å². The Kier molecular flexibility index (Phi) is 6.26. The molecule has 4 aliphatic rings. The fourth-order valence-corrected chi connectivity index (χ4v) is 7.04. The first-order valence-corrected chi connectivity index (χ1v) is 12.9. The lowest BCUT2D eigenvalue weighted by Crippen LogP contribution is -2.59. The fraction of sp³-hybridized carbons (Fsp3) is 0.552. The lowest BCUT2D eigenvalue weighted by molar-refractivity contribution is -0.0166. The van der Waals surface area contributed by atoms with Crippen LogP contribution in [-0.4, -0.2) is 18.0 Å². The smallest absolute Gasteiger partial charge is 0.253 e. The molecular formula is C29H38N2O. The summed E-state index contributed by atoms with van der Waals surface area (Å²) < 4.78 is 0. The van der Waals surface area contributed by atoms with E-state index in [1.165, 1.54) is 57.8 Å². The molecule has 0 unspecified atom stereocenters. The SMILES string of the molecule is CCCCCCNc1ccc(-c2ccccc2)cc1C(=O)NC12CC3CC(CC(C3)C1)C2. The van der Waals surface area contributed by atoms with Gasteiger partial charge in [0.05, 0.1) is 5.56 Å². The minimum absolute atomic E-state index is 0.0347. The van der Waals surface area contributed by atoms with E-state index >= 15 is 0 Å². The Hall–Kier alpha value is -2.29. The van der Waals surface area contributed by atoms with Crippen molar-refractivity contribution in [2.24, 2.45) is 17.8 Å². The third kappa shape index (κ3) is 4.58. The van der Waals surface area contributed by atoms with Gasteiger partial charge in [-0.1, -0.05) is 62.6 Å². The topological polar surface area (TPSA) is 41.1 Å². The zero-order valence-electron chi connectivity index (χ0n) is 19.5. The number of rotatable bonds is 9. The summed E-state index contributed by atoms with van der Waals surface area (Å²) in [5.74, 6) is 2.59. The number of hydrogen-bond donors (Lipinski definition) is 2. The van der Waals surface area contributed by atoms with Crippen LogP contribution in [0.15, 0.2) is 48.5 Å². The van der Waals surface area contributed by atoms with E-state index in [2.05, 4.69) is 60.0 Å². The number of benzene rings is 2. The van der Waals surface area contributed by atoms with Crippen molar-refractivity contribution in [2.45, 2.75) is 76.7 Å². The fourth-order valence-electron chi connectivity index (χ4n) is 7.04. The highest BCUT2D eigenvalue weighted by Gasteiger charge is 2.51. The van der Waals surface area contributed by atoms with Gasteiger partial charge < -0.3 is 10.6 Å². The van der Waals surface area contributed by atoms with Crippen LogP contribution < -0.4 is 10.6 Å². The first-order chi connectivity index (χ1) is 15.6. The summed E-state index contributed by atoms with van der Waals surface area (Å²) >= 11 is 0. The van der Waals surface area contributed by atoms with Crippen LogP contribution in [0.3, 0.4) is 0 Å². The Morgan fingerprint density at radius 3 is 2.22 bits per heavy atom. The monoisotopic (exact) mass is 430 g/mol. The maximum absolute atomic E-state index is 13.7. The summed E-state index contributed by atoms with van der Waals surface area (Å²) in [4.78, 5) is 13.7. The third-order valence-electron chi connectivity index (χ3n) is 8.13. The highest BCUT2D eigenvalue weighted by molar-refractivity contribution is 6.01. The Balaban J connectivity index is 1.37. The third-order valence-corrected chi connectivity index (χ3v) is 8.13. The number of hydrogen-bond acceptors (Lipinski definition) is 2. The normalized spacial score (nSPS) is 28.0. The van der Waals surface area contributed by atoms with Crippen molar-refractivity contribution in [3.05, 3.63) is 54.1 Å². The van der Waals surface area contributed by atoms with E-state index in [0.717, 1.165) is 53.1 Å². The Morgan fingerprint density at radius 1 is 0.875 bits per heavy atom. The molecule has 3 heteroatoms. The number of anilines is 1. The van der Waals surface area contributed by atoms with Gasteiger partial charge in [0.15, 0.2) is 0 Å². The molecule has 2 aromatic carbocycles. The van der Waals surface area contributed by atoms with Gasteiger partial charge in [0.2, 0.25) is 0 Å². The summed E-state index contributed by atoms with van der Waals surface area (Å²) in [6.07, 6.45) is 12.6. The number of carbonyl (C=O) groups is 1. The quantitative estimate of drug-likeness (QED) is 0.419. The average molecular weight is 431 g/mol. The van der Waals surface area contributed by atoms with Crippen molar-refractivity contribution >= 4 is 11.6 Å². The molecular weight excluding hydrogens is 392 g/mol. The number of amides is 1. The minimum atomic E-state index is 0.0347. The van der Waals surface area contributed by atoms with E-state index in [4.69, 9.17) is 0 Å². The Labute approximate surface area is 193 Å². The maximum Gasteiger partial charge on any atom is 0.253 e. The van der Waals surface area contributed by atoms with Crippen molar-refractivity contribution in [2.75, 3.05) is 11.9 Å². The van der Waals surface area contributed by atoms with Gasteiger partial charge >= 0.3 is 0 Å². The lowest BCUT2D eigenvalue weighted by Gasteiger charge is -2.56. The molecule has 3 nitrogen and oxygen atoms in total. The summed E-state index contributed by atoms with van der Waals surface area (Å²) in [5, 5.41) is 7.17. The van der Waals surface area contributed by atoms with E-state index in [9.17, 15) is 4.79 Å². The number of nitrogens with one attached hydrogen (secondary N) is 2. The van der Waals surface area contributed by atoms with E-state index < -0.39 is 0 Å². The van der Waals surface area contributed by atoms with Gasteiger partial charge in [-0.15, -0.1) is 0 Å². The number of unbranched alkanes of at least 4 members (excludes halogenated alkanes) is 3. The molecule has 0 heterocycles. The molecule has 2 N–H and O–H groups in total. The van der Waals surface area contributed by atoms with E-state index in [1.807, 2.05) is 6.07 Å². The van der Waals surface area contributed by atoms with Crippen LogP contribution in [0, 0.1) is 17.8 Å². The van der Waals surface area contributed by atoms with Crippen molar-refractivity contribution in [3.8, 4) is 11.1 Å². The zero-order chi connectivity index (χ0) is 22.0. The van der Waals surface area contributed by atoms with Crippen LogP contribution in [-0.2, 0) is 0 Å². The lowest BCUT2D eigenvalue weighted by atomic mass is 9.53. The molecule has 4 aliphatic carbocycles. The summed E-state index contributed by atoms with van der Waals surface area (Å²) in [5.41, 5.74) is 4.08. The molecule has 0 atom stereocenters. The van der Waals surface area contributed by atoms with Crippen LogP contribution in [0.25, 0.3) is 11.1 Å². The molecule has 0 aliphatic heterocycles. The summed E-state index contributed by atoms with van der Waals surface area (Å²) in [6.45, 7) is 3.16. The molecule has 170 valence electrons. The molecule has 1 amide bonds.